The van der Waals surface area contributed by atoms with Gasteiger partial charge < -0.3 is 5.43 Å². The average molecular weight is 132 g/mol. The minimum Gasteiger partial charge on any atom is -0.313 e. The zero-order chi connectivity index (χ0) is 8.12. The Kier molecular flexibility index (Phi) is 90.0. The van der Waals surface area contributed by atoms with Crippen LogP contribution in [0.2, 0.25) is 0 Å². The van der Waals surface area contributed by atoms with Crippen LogP contribution in [-0.4, -0.2) is 13.3 Å². The molecule has 0 aromatic heterocycles. The Hall–Kier alpha value is -0.530. The molecule has 0 aromatic rings. The summed E-state index contributed by atoms with van der Waals surface area (Å²) in [5.41, 5.74) is 2.59. The summed E-state index contributed by atoms with van der Waals surface area (Å²) in [5.74, 6) is 0. The largest absolute Gasteiger partial charge is 0.313 e. The van der Waals surface area contributed by atoms with Crippen LogP contribution in [0.25, 0.3) is 0 Å². The Morgan fingerprint density at radius 3 is 1.44 bits per heavy atom. The molecule has 0 amide bonds. The average Bonchev–Trinajstić information content (AvgIpc) is 1.98. The number of hydrogen-bond donors (Lipinski definition) is 1. The van der Waals surface area contributed by atoms with Crippen LogP contribution in [0, 0.1) is 0 Å². The van der Waals surface area contributed by atoms with Crippen molar-refractivity contribution < 1.29 is 0 Å². The second-order valence-corrected chi connectivity index (χ2v) is 0.611. The molecule has 0 saturated heterocycles. The van der Waals surface area contributed by atoms with Crippen LogP contribution in [0.4, 0.5) is 0 Å². The highest BCUT2D eigenvalue weighted by Crippen LogP contribution is 1.41. The van der Waals surface area contributed by atoms with Gasteiger partial charge in [-0.3, -0.25) is 0 Å². The highest BCUT2D eigenvalue weighted by Gasteiger charge is 1.44. The van der Waals surface area contributed by atoms with Crippen LogP contribution in [0.5, 0.6) is 0 Å². The first-order valence-corrected chi connectivity index (χ1v) is 3.56. The molecule has 0 aromatic carbocycles. The Balaban J connectivity index is -0.0000000771. The zero-order valence-corrected chi connectivity index (χ0v) is 7.52. The fourth-order valence-electron chi connectivity index (χ4n) is 0.129. The van der Waals surface area contributed by atoms with Gasteiger partial charge in [-0.2, -0.15) is 5.10 Å². The Bertz CT molecular complexity index is 33.9. The fraction of sp³-hybridized carbons (Fsp3) is 0.857. The Labute approximate surface area is 59.4 Å². The molecule has 0 aliphatic rings. The van der Waals surface area contributed by atoms with Crippen LogP contribution in [0.15, 0.2) is 5.10 Å². The van der Waals surface area contributed by atoms with Crippen molar-refractivity contribution in [2.75, 3.05) is 7.05 Å². The molecule has 0 radical (unpaired) electrons. The molecule has 2 nitrogen and oxygen atoms in total. The summed E-state index contributed by atoms with van der Waals surface area (Å²) in [5, 5.41) is 3.60. The number of hydrogen-bond acceptors (Lipinski definition) is 2. The molecule has 0 unspecified atom stereocenters. The van der Waals surface area contributed by atoms with Gasteiger partial charge in [0.05, 0.1) is 0 Å². The van der Waals surface area contributed by atoms with Crippen LogP contribution in [0.3, 0.4) is 0 Å². The van der Waals surface area contributed by atoms with Crippen LogP contribution < -0.4 is 5.43 Å². The molecule has 0 saturated carbocycles. The summed E-state index contributed by atoms with van der Waals surface area (Å²) in [4.78, 5) is 0. The maximum atomic E-state index is 3.60. The molecule has 9 heavy (non-hydrogen) atoms. The molecular weight excluding hydrogens is 112 g/mol. The number of nitrogens with one attached hydrogen (secondary N) is 1. The highest BCUT2D eigenvalue weighted by molar-refractivity contribution is 5.52. The maximum Gasteiger partial charge on any atom is 0.0217 e. The maximum absolute atomic E-state index is 3.60. The molecule has 0 bridgehead atoms. The smallest absolute Gasteiger partial charge is 0.0217 e. The Morgan fingerprint density at radius 2 is 1.44 bits per heavy atom. The van der Waals surface area contributed by atoms with E-state index < -0.39 is 0 Å². The minimum absolute atomic E-state index is 1.69. The first-order valence-electron chi connectivity index (χ1n) is 3.56. The molecule has 0 rings (SSSR count). The van der Waals surface area contributed by atoms with Gasteiger partial charge in [0.2, 0.25) is 0 Å². The van der Waals surface area contributed by atoms with Gasteiger partial charge >= 0.3 is 0 Å². The van der Waals surface area contributed by atoms with Gasteiger partial charge in [-0.15, -0.1) is 0 Å². The van der Waals surface area contributed by atoms with Gasteiger partial charge in [0.1, 0.15) is 0 Å². The molecule has 0 aliphatic heterocycles. The van der Waals surface area contributed by atoms with Crippen LogP contribution in [0.1, 0.15) is 34.6 Å². The first-order chi connectivity index (χ1) is 4.41. The molecule has 1 N–H and O–H groups in total. The van der Waals surface area contributed by atoms with Crippen molar-refractivity contribution in [3.8, 4) is 0 Å². The van der Waals surface area contributed by atoms with E-state index in [9.17, 15) is 0 Å². The monoisotopic (exact) mass is 132 g/mol. The third-order valence-electron chi connectivity index (χ3n) is 0.258. The van der Waals surface area contributed by atoms with Crippen molar-refractivity contribution in [2.45, 2.75) is 34.6 Å². The van der Waals surface area contributed by atoms with Crippen molar-refractivity contribution in [3.63, 3.8) is 0 Å². The van der Waals surface area contributed by atoms with E-state index in [1.54, 1.807) is 13.3 Å². The van der Waals surface area contributed by atoms with E-state index in [0.717, 1.165) is 0 Å². The van der Waals surface area contributed by atoms with E-state index in [4.69, 9.17) is 0 Å². The van der Waals surface area contributed by atoms with E-state index >= 15 is 0 Å². The SMILES string of the molecule is C/C=N\NC.CC.CC. The lowest BCUT2D eigenvalue weighted by atomic mass is 10.9. The Morgan fingerprint density at radius 1 is 1.11 bits per heavy atom. The van der Waals surface area contributed by atoms with E-state index in [1.807, 2.05) is 34.6 Å². The molecule has 0 aliphatic carbocycles. The van der Waals surface area contributed by atoms with Gasteiger partial charge in [-0.25, -0.2) is 0 Å². The number of nitrogens with zero attached hydrogens (tertiary/aromatic N) is 1. The van der Waals surface area contributed by atoms with Crippen LogP contribution in [-0.2, 0) is 0 Å². The standard InChI is InChI=1S/C3H8N2.2C2H6/c1-3-5-4-2;2*1-2/h3-4H,1-2H3;2*1-2H3/b5-3-;;. The van der Waals surface area contributed by atoms with E-state index in [0.29, 0.717) is 0 Å². The summed E-state index contributed by atoms with van der Waals surface area (Å²) in [6.45, 7) is 9.86. The lowest BCUT2D eigenvalue weighted by molar-refractivity contribution is 0.906. The van der Waals surface area contributed by atoms with Crippen molar-refractivity contribution in [1.82, 2.24) is 5.43 Å². The molecule has 0 spiro atoms. The molecule has 0 fully saturated rings. The predicted molar refractivity (Wildman–Crippen MR) is 45.9 cm³/mol. The topological polar surface area (TPSA) is 24.4 Å². The van der Waals surface area contributed by atoms with E-state index in [1.165, 1.54) is 0 Å². The minimum atomic E-state index is 1.69. The fourth-order valence-corrected chi connectivity index (χ4v) is 0.129. The highest BCUT2D eigenvalue weighted by atomic mass is 15.2. The molecule has 0 atom stereocenters. The normalized spacial score (nSPS) is 6.44. The van der Waals surface area contributed by atoms with Gasteiger partial charge in [-0.05, 0) is 6.92 Å². The van der Waals surface area contributed by atoms with Gasteiger partial charge in [0.25, 0.3) is 0 Å². The third kappa shape index (κ3) is 103. The number of rotatable bonds is 1. The third-order valence-corrected chi connectivity index (χ3v) is 0.258. The molecule has 58 valence electrons. The molecular formula is C7H20N2. The number of hydrazone groups is 1. The summed E-state index contributed by atoms with van der Waals surface area (Å²) in [7, 11) is 1.76. The van der Waals surface area contributed by atoms with Gasteiger partial charge in [0, 0.05) is 13.3 Å². The first kappa shape index (κ1) is 15.8. The lowest BCUT2D eigenvalue weighted by Crippen LogP contribution is -1.90. The van der Waals surface area contributed by atoms with Gasteiger partial charge in [-0.1, -0.05) is 27.7 Å². The summed E-state index contributed by atoms with van der Waals surface area (Å²) in [6, 6.07) is 0. The summed E-state index contributed by atoms with van der Waals surface area (Å²) in [6.07, 6.45) is 1.69. The van der Waals surface area contributed by atoms with Crippen molar-refractivity contribution >= 4 is 6.21 Å². The van der Waals surface area contributed by atoms with E-state index in [2.05, 4.69) is 10.5 Å². The van der Waals surface area contributed by atoms with Gasteiger partial charge in [0.15, 0.2) is 0 Å². The van der Waals surface area contributed by atoms with Crippen LogP contribution >= 0.6 is 0 Å². The predicted octanol–water partition coefficient (Wildman–Crippen LogP) is 2.26. The summed E-state index contributed by atoms with van der Waals surface area (Å²) >= 11 is 0. The molecule has 0 heterocycles. The van der Waals surface area contributed by atoms with Crippen molar-refractivity contribution in [2.24, 2.45) is 5.10 Å². The lowest BCUT2D eigenvalue weighted by Gasteiger charge is -1.75. The zero-order valence-electron chi connectivity index (χ0n) is 7.52. The summed E-state index contributed by atoms with van der Waals surface area (Å²) < 4.78 is 0. The van der Waals surface area contributed by atoms with E-state index in [-0.39, 0.29) is 0 Å². The second kappa shape index (κ2) is 51.3. The quantitative estimate of drug-likeness (QED) is 0.429. The second-order valence-electron chi connectivity index (χ2n) is 0.611. The van der Waals surface area contributed by atoms with Crippen molar-refractivity contribution in [1.29, 1.82) is 0 Å². The van der Waals surface area contributed by atoms with Crippen molar-refractivity contribution in [3.05, 3.63) is 0 Å². The molecule has 2 heteroatoms.